The number of ether oxygens (including phenoxy) is 2. The van der Waals surface area contributed by atoms with E-state index >= 15 is 0 Å². The van der Waals surface area contributed by atoms with Gasteiger partial charge in [-0.2, -0.15) is 0 Å². The smallest absolute Gasteiger partial charge is 0.300 e. The number of amides is 1. The number of rotatable bonds is 8. The third-order valence-electron chi connectivity index (χ3n) is 20.9. The second kappa shape index (κ2) is 35.5. The predicted molar refractivity (Wildman–Crippen MR) is 444 cm³/mol. The Morgan fingerprint density at radius 2 is 0.872 bits per heavy atom. The number of carboxylic acid groups (broad SMARTS) is 1. The molecule has 0 saturated heterocycles. The fourth-order valence-electron chi connectivity index (χ4n) is 15.8. The van der Waals surface area contributed by atoms with Crippen LogP contribution in [0.15, 0.2) is 218 Å². The van der Waals surface area contributed by atoms with Gasteiger partial charge in [0, 0.05) is 104 Å². The number of hydrogen-bond acceptors (Lipinski definition) is 11. The van der Waals surface area contributed by atoms with Gasteiger partial charge in [0.05, 0.1) is 44.1 Å². The highest BCUT2D eigenvalue weighted by Gasteiger charge is 2.49. The average molecular weight is 1460 g/mol. The summed E-state index contributed by atoms with van der Waals surface area (Å²) in [7, 11) is 0. The highest BCUT2D eigenvalue weighted by atomic mass is 16.5. The highest BCUT2D eigenvalue weighted by Crippen LogP contribution is 2.58. The number of Topliss-reactive ketones (excluding diaryl/α,β-unsaturated/α-hetero) is 1. The van der Waals surface area contributed by atoms with Crippen molar-refractivity contribution in [2.45, 2.75) is 190 Å². The number of fused-ring (bicyclic) bond motifs is 18. The van der Waals surface area contributed by atoms with Crippen LogP contribution in [-0.2, 0) is 27.5 Å². The maximum absolute atomic E-state index is 13.1. The van der Waals surface area contributed by atoms with E-state index in [1.54, 1.807) is 17.0 Å². The summed E-state index contributed by atoms with van der Waals surface area (Å²) in [6.07, 6.45) is 8.65. The highest BCUT2D eigenvalue weighted by molar-refractivity contribution is 6.12. The largest absolute Gasteiger partial charge is 0.487 e. The van der Waals surface area contributed by atoms with Crippen molar-refractivity contribution in [2.75, 3.05) is 0 Å². The molecule has 14 heteroatoms. The Morgan fingerprint density at radius 1 is 0.532 bits per heavy atom. The summed E-state index contributed by atoms with van der Waals surface area (Å²) in [5, 5.41) is 12.0. The lowest BCUT2D eigenvalue weighted by molar-refractivity contribution is -0.139. The Kier molecular flexibility index (Phi) is 26.3. The zero-order valence-corrected chi connectivity index (χ0v) is 65.9. The van der Waals surface area contributed by atoms with Crippen molar-refractivity contribution < 1.29 is 33.8 Å². The minimum absolute atomic E-state index is 0.0739. The fraction of sp³-hybridized carbons (Fsp3) is 0.358. The molecule has 109 heavy (non-hydrogen) atoms. The second-order valence-corrected chi connectivity index (χ2v) is 32.7. The van der Waals surface area contributed by atoms with Gasteiger partial charge in [0.25, 0.3) is 5.97 Å². The molecule has 10 aromatic carbocycles. The van der Waals surface area contributed by atoms with Crippen molar-refractivity contribution in [3.05, 3.63) is 263 Å². The van der Waals surface area contributed by atoms with Crippen LogP contribution in [-0.4, -0.2) is 70.6 Å². The van der Waals surface area contributed by atoms with Crippen LogP contribution in [0.25, 0.3) is 70.5 Å². The van der Waals surface area contributed by atoms with Gasteiger partial charge < -0.3 is 30.1 Å². The van der Waals surface area contributed by atoms with Gasteiger partial charge in [-0.3, -0.25) is 19.2 Å². The van der Waals surface area contributed by atoms with E-state index in [0.29, 0.717) is 43.2 Å². The minimum atomic E-state index is -0.833. The van der Waals surface area contributed by atoms with E-state index in [-0.39, 0.29) is 33.8 Å². The maximum Gasteiger partial charge on any atom is 0.300 e. The normalized spacial score (nSPS) is 18.6. The Hall–Kier alpha value is -10.8. The van der Waals surface area contributed by atoms with E-state index in [1.807, 2.05) is 175 Å². The van der Waals surface area contributed by atoms with Crippen LogP contribution in [0.1, 0.15) is 198 Å². The first-order chi connectivity index (χ1) is 52.0. The lowest BCUT2D eigenvalue weighted by Crippen LogP contribution is -2.46. The second-order valence-electron chi connectivity index (χ2n) is 32.7. The number of carboxylic acids is 1. The zero-order valence-electron chi connectivity index (χ0n) is 65.9. The molecule has 12 aromatic rings. The van der Waals surface area contributed by atoms with Crippen LogP contribution in [0.5, 0.6) is 11.5 Å². The molecule has 14 nitrogen and oxygen atoms in total. The van der Waals surface area contributed by atoms with E-state index in [1.165, 1.54) is 72.9 Å². The number of carbonyl (C=O) groups is 4. The Bertz CT molecular complexity index is 4960. The van der Waals surface area contributed by atoms with Crippen molar-refractivity contribution in [1.29, 1.82) is 0 Å². The quantitative estimate of drug-likeness (QED) is 0.0634. The van der Waals surface area contributed by atoms with Gasteiger partial charge in [-0.05, 0) is 123 Å². The molecule has 0 bridgehead atoms. The lowest BCUT2D eigenvalue weighted by Gasteiger charge is -2.49. The molecule has 2 aliphatic heterocycles. The summed E-state index contributed by atoms with van der Waals surface area (Å²) in [6, 6.07) is 71.4. The Morgan fingerprint density at radius 3 is 1.21 bits per heavy atom. The van der Waals surface area contributed by atoms with Crippen LogP contribution in [0.4, 0.5) is 0 Å². The van der Waals surface area contributed by atoms with E-state index in [4.69, 9.17) is 51.6 Å². The van der Waals surface area contributed by atoms with E-state index in [0.717, 1.165) is 108 Å². The van der Waals surface area contributed by atoms with Crippen molar-refractivity contribution in [2.24, 2.45) is 34.8 Å². The molecule has 1 unspecified atom stereocenters. The maximum atomic E-state index is 13.1. The molecule has 0 radical (unpaired) electrons. The van der Waals surface area contributed by atoms with E-state index in [9.17, 15) is 14.4 Å². The first kappa shape index (κ1) is 80.8. The van der Waals surface area contributed by atoms with Gasteiger partial charge in [0.2, 0.25) is 11.4 Å². The standard InChI is InChI=1S/2C26H26N2O.C22H27NO2.C7H9N.C7H6O.C5H9N.C2H4O2/c2*1-15-12-13-19-18(14-15)22-24-23(27-20-10-6-7-11-21(20)28-24)16-8-4-5-9-17(16)25(22)29-26(19,2)3;1-17(24)23(16-18-11-7-5-8-12-18)21(19-13-9-6-10-14-19)20(25)15-22(2,3)4;2*8-6-7-4-2-1-3-5-7;1-5(2,3)6-4;1-2(3)4/h2*4-11,15,18-19H,12-14H2,1-3H3;5-14,21H,15-16H2,1-4H3;1-5H,6,8H2;1-6H;1-3H3;1H3,(H,3,4)/t2*15-,18-,19-;;;;;/m00...../s1. The third-order valence-corrected chi connectivity index (χ3v) is 20.9. The van der Waals surface area contributed by atoms with Gasteiger partial charge in [-0.15, -0.1) is 0 Å². The first-order valence-electron chi connectivity index (χ1n) is 38.3. The predicted octanol–water partition coefficient (Wildman–Crippen LogP) is 22.5. The molecule has 2 saturated carbocycles. The van der Waals surface area contributed by atoms with Gasteiger partial charge in [-0.1, -0.05) is 242 Å². The zero-order chi connectivity index (χ0) is 78.4. The van der Waals surface area contributed by atoms with Crippen molar-refractivity contribution in [3.63, 3.8) is 0 Å². The molecule has 0 spiro atoms. The minimum Gasteiger partial charge on any atom is -0.487 e. The van der Waals surface area contributed by atoms with Gasteiger partial charge >= 0.3 is 0 Å². The van der Waals surface area contributed by atoms with E-state index in [2.05, 4.69) is 119 Å². The molecule has 3 N–H and O–H groups in total. The SMILES string of the molecule is CC(=O)N(Cc1ccccc1)C(C(=O)CC(C)(C)C)c1ccccc1.CC(=O)O.C[C@H]1CC[C@H]2[C@H](C1)c1c(c3ccccc3c3nc4ccccc4nc13)OC2(C)C.C[C@H]1CC[C@H]2[C@H](C1)c1c(c3ccccc3c3nc4ccccc4nc13)OC2(C)C.NCc1ccccc1.O=Cc1ccccc1.[C-]#[N+]C(C)(C)C. The summed E-state index contributed by atoms with van der Waals surface area (Å²) >= 11 is 0. The van der Waals surface area contributed by atoms with Gasteiger partial charge in [0.15, 0.2) is 5.78 Å². The summed E-state index contributed by atoms with van der Waals surface area (Å²) in [4.78, 5) is 70.0. The molecule has 16 rings (SSSR count). The number of benzene rings is 10. The first-order valence-corrected chi connectivity index (χ1v) is 38.3. The number of aldehydes is 1. The third kappa shape index (κ3) is 20.2. The monoisotopic (exact) mass is 1460 g/mol. The number of para-hydroxylation sites is 4. The molecular weight excluding hydrogens is 1350 g/mol. The van der Waals surface area contributed by atoms with Crippen LogP contribution in [0.2, 0.25) is 0 Å². The Balaban J connectivity index is 0.000000150. The number of aliphatic carboxylic acids is 1. The molecule has 4 aliphatic rings. The lowest BCUT2D eigenvalue weighted by atomic mass is 9.64. The fourth-order valence-corrected chi connectivity index (χ4v) is 15.8. The molecule has 564 valence electrons. The molecule has 2 aliphatic carbocycles. The average Bonchev–Trinajstić information content (AvgIpc) is 0.717. The molecule has 1 amide bonds. The molecule has 4 heterocycles. The van der Waals surface area contributed by atoms with Crippen LogP contribution >= 0.6 is 0 Å². The number of hydrogen-bond donors (Lipinski definition) is 2. The molecule has 2 aromatic heterocycles. The van der Waals surface area contributed by atoms with Crippen LogP contribution in [0.3, 0.4) is 0 Å². The molecule has 7 atom stereocenters. The Labute approximate surface area is 643 Å². The number of nitrogens with two attached hydrogens (primary N) is 1. The van der Waals surface area contributed by atoms with Crippen molar-refractivity contribution in [1.82, 2.24) is 24.8 Å². The van der Waals surface area contributed by atoms with Crippen LogP contribution < -0.4 is 15.2 Å². The molecular formula is C95H107N7O7. The van der Waals surface area contributed by atoms with Crippen molar-refractivity contribution in [3.8, 4) is 11.5 Å². The van der Waals surface area contributed by atoms with E-state index < -0.39 is 12.0 Å². The summed E-state index contributed by atoms with van der Waals surface area (Å²) in [5.41, 5.74) is 19.0. The summed E-state index contributed by atoms with van der Waals surface area (Å²) in [6.45, 7) is 35.8. The number of ketones is 1. The summed E-state index contributed by atoms with van der Waals surface area (Å²) < 4.78 is 13.6. The van der Waals surface area contributed by atoms with Gasteiger partial charge in [-0.25, -0.2) is 26.5 Å². The molecule has 2 fully saturated rings. The number of aromatic nitrogens is 4. The van der Waals surface area contributed by atoms with Gasteiger partial charge in [0.1, 0.15) is 35.0 Å². The topological polar surface area (TPSA) is 192 Å². The summed E-state index contributed by atoms with van der Waals surface area (Å²) in [5.74, 6) is 4.66. The number of carbonyl (C=O) groups excluding carboxylic acids is 3. The van der Waals surface area contributed by atoms with Crippen LogP contribution in [0, 0.1) is 35.7 Å². The van der Waals surface area contributed by atoms with Crippen molar-refractivity contribution >= 4 is 89.6 Å². The number of nitrogens with zero attached hydrogens (tertiary/aromatic N) is 6.